The van der Waals surface area contributed by atoms with Crippen LogP contribution in [-0.2, 0) is 13.6 Å². The van der Waals surface area contributed by atoms with Crippen LogP contribution < -0.4 is 10.6 Å². The summed E-state index contributed by atoms with van der Waals surface area (Å²) in [6.45, 7) is 4.59. The van der Waals surface area contributed by atoms with Gasteiger partial charge in [0.15, 0.2) is 0 Å². The van der Waals surface area contributed by atoms with E-state index < -0.39 is 15.5 Å². The van der Waals surface area contributed by atoms with Crippen LogP contribution in [0, 0.1) is 0 Å². The fraction of sp³-hybridized carbons (Fsp3) is 0.368. The van der Waals surface area contributed by atoms with Gasteiger partial charge in [-0.05, 0) is 38.0 Å². The lowest BCUT2D eigenvalue weighted by Crippen LogP contribution is -2.14. The Morgan fingerprint density at radius 2 is 1.42 bits per heavy atom. The van der Waals surface area contributed by atoms with Gasteiger partial charge in [0, 0.05) is 6.16 Å². The third kappa shape index (κ3) is 5.83. The molecule has 0 aliphatic heterocycles. The first-order valence-electron chi connectivity index (χ1n) is 8.44. The first kappa shape index (κ1) is 19.3. The van der Waals surface area contributed by atoms with Crippen molar-refractivity contribution in [2.75, 3.05) is 25.5 Å². The van der Waals surface area contributed by atoms with Crippen LogP contribution >= 0.6 is 15.5 Å². The maximum Gasteiger partial charge on any atom is 0.330 e. The van der Waals surface area contributed by atoms with E-state index in [-0.39, 0.29) is 0 Å². The number of hydrogen-bond acceptors (Lipinski definition) is 3. The first-order valence-corrected chi connectivity index (χ1v) is 11.7. The average Bonchev–Trinajstić information content (AvgIpc) is 2.63. The Kier molecular flexibility index (Phi) is 8.15. The van der Waals surface area contributed by atoms with Crippen molar-refractivity contribution in [2.24, 2.45) is 0 Å². The molecule has 0 fully saturated rings. The van der Waals surface area contributed by atoms with Crippen LogP contribution in [-0.4, -0.2) is 25.5 Å². The molecule has 2 aromatic carbocycles. The Bertz CT molecular complexity index is 592. The summed E-state index contributed by atoms with van der Waals surface area (Å²) in [4.78, 5) is 0. The minimum atomic E-state index is -2.90. The third-order valence-electron chi connectivity index (χ3n) is 3.66. The molecule has 1 unspecified atom stereocenters. The van der Waals surface area contributed by atoms with Crippen molar-refractivity contribution in [1.82, 2.24) is 0 Å². The summed E-state index contributed by atoms with van der Waals surface area (Å²) in [6.07, 6.45) is 2.30. The fourth-order valence-electron chi connectivity index (χ4n) is 2.47. The molecule has 0 aliphatic rings. The van der Waals surface area contributed by atoms with E-state index in [9.17, 15) is 4.57 Å². The fourth-order valence-corrected chi connectivity index (χ4v) is 6.03. The van der Waals surface area contributed by atoms with Crippen molar-refractivity contribution < 1.29 is 13.6 Å². The molecule has 0 saturated heterocycles. The maximum atomic E-state index is 12.3. The molecule has 0 aliphatic carbocycles. The lowest BCUT2D eigenvalue weighted by Gasteiger charge is -2.20. The largest absolute Gasteiger partial charge is 0.330 e. The highest BCUT2D eigenvalue weighted by molar-refractivity contribution is 7.73. The van der Waals surface area contributed by atoms with Gasteiger partial charge in [-0.1, -0.05) is 67.6 Å². The Morgan fingerprint density at radius 1 is 0.875 bits per heavy atom. The molecular weight excluding hydrogens is 338 g/mol. The van der Waals surface area contributed by atoms with Crippen LogP contribution in [0.15, 0.2) is 60.7 Å². The zero-order chi connectivity index (χ0) is 17.3. The average molecular weight is 364 g/mol. The van der Waals surface area contributed by atoms with Gasteiger partial charge in [0.05, 0.1) is 13.2 Å². The van der Waals surface area contributed by atoms with Gasteiger partial charge in [0.2, 0.25) is 0 Å². The van der Waals surface area contributed by atoms with E-state index in [0.29, 0.717) is 19.4 Å². The molecule has 3 nitrogen and oxygen atoms in total. The highest BCUT2D eigenvalue weighted by atomic mass is 31.2. The maximum absolute atomic E-state index is 12.3. The van der Waals surface area contributed by atoms with Crippen molar-refractivity contribution in [3.8, 4) is 0 Å². The van der Waals surface area contributed by atoms with Gasteiger partial charge in [-0.25, -0.2) is 0 Å². The SMILES string of the molecule is CCOP(=O)(CC)OCCCP(c1ccccc1)c1ccccc1. The second-order valence-corrected chi connectivity index (χ2v) is 10.1. The van der Waals surface area contributed by atoms with E-state index in [2.05, 4.69) is 48.5 Å². The molecule has 0 amide bonds. The molecule has 2 aromatic rings. The van der Waals surface area contributed by atoms with E-state index >= 15 is 0 Å². The van der Waals surface area contributed by atoms with E-state index in [1.807, 2.05) is 26.0 Å². The van der Waals surface area contributed by atoms with Crippen molar-refractivity contribution >= 4 is 26.1 Å². The van der Waals surface area contributed by atoms with Gasteiger partial charge in [0.1, 0.15) is 0 Å². The smallest absolute Gasteiger partial charge is 0.309 e. The quantitative estimate of drug-likeness (QED) is 0.450. The second kappa shape index (κ2) is 10.1. The Morgan fingerprint density at radius 3 is 1.88 bits per heavy atom. The predicted octanol–water partition coefficient (Wildman–Crippen LogP) is 4.78. The first-order chi connectivity index (χ1) is 11.7. The lowest BCUT2D eigenvalue weighted by molar-refractivity contribution is 0.213. The van der Waals surface area contributed by atoms with Crippen molar-refractivity contribution in [1.29, 1.82) is 0 Å². The summed E-state index contributed by atoms with van der Waals surface area (Å²) in [5, 5.41) is 2.73. The molecule has 24 heavy (non-hydrogen) atoms. The summed E-state index contributed by atoms with van der Waals surface area (Å²) < 4.78 is 23.2. The zero-order valence-electron chi connectivity index (χ0n) is 14.4. The van der Waals surface area contributed by atoms with Gasteiger partial charge in [-0.3, -0.25) is 4.57 Å². The topological polar surface area (TPSA) is 35.5 Å². The molecule has 130 valence electrons. The summed E-state index contributed by atoms with van der Waals surface area (Å²) in [5.41, 5.74) is 0. The van der Waals surface area contributed by atoms with Crippen LogP contribution in [0.2, 0.25) is 0 Å². The van der Waals surface area contributed by atoms with Crippen molar-refractivity contribution in [2.45, 2.75) is 20.3 Å². The Balaban J connectivity index is 1.99. The molecule has 0 heterocycles. The molecule has 0 aromatic heterocycles. The van der Waals surface area contributed by atoms with Gasteiger partial charge < -0.3 is 9.05 Å². The summed E-state index contributed by atoms with van der Waals surface area (Å²) >= 11 is 0. The Labute approximate surface area is 146 Å². The zero-order valence-corrected chi connectivity index (χ0v) is 16.2. The molecule has 0 N–H and O–H groups in total. The highest BCUT2D eigenvalue weighted by Gasteiger charge is 2.21. The van der Waals surface area contributed by atoms with Crippen LogP contribution in [0.1, 0.15) is 20.3 Å². The van der Waals surface area contributed by atoms with Crippen molar-refractivity contribution in [3.05, 3.63) is 60.7 Å². The normalized spacial score (nSPS) is 13.8. The van der Waals surface area contributed by atoms with E-state index in [1.165, 1.54) is 10.6 Å². The summed E-state index contributed by atoms with van der Waals surface area (Å²) in [7, 11) is -3.32. The second-order valence-electron chi connectivity index (χ2n) is 5.35. The van der Waals surface area contributed by atoms with Gasteiger partial charge in [-0.2, -0.15) is 0 Å². The van der Waals surface area contributed by atoms with E-state index in [0.717, 1.165) is 12.6 Å². The standard InChI is InChI=1S/C19H26O3P2/c1-3-21-24(20,4-2)22-16-11-17-23(18-12-7-5-8-13-18)19-14-9-6-10-15-19/h5-10,12-15H,3-4,11,16-17H2,1-2H3. The van der Waals surface area contributed by atoms with Crippen LogP contribution in [0.25, 0.3) is 0 Å². The molecule has 5 heteroatoms. The minimum absolute atomic E-state index is 0.421. The van der Waals surface area contributed by atoms with Crippen LogP contribution in [0.5, 0.6) is 0 Å². The summed E-state index contributed by atoms with van der Waals surface area (Å²) in [6, 6.07) is 21.2. The molecule has 0 spiro atoms. The van der Waals surface area contributed by atoms with Gasteiger partial charge in [-0.15, -0.1) is 0 Å². The molecule has 0 radical (unpaired) electrons. The predicted molar refractivity (Wildman–Crippen MR) is 104 cm³/mol. The van der Waals surface area contributed by atoms with Gasteiger partial charge >= 0.3 is 7.60 Å². The van der Waals surface area contributed by atoms with Crippen molar-refractivity contribution in [3.63, 3.8) is 0 Å². The van der Waals surface area contributed by atoms with Crippen LogP contribution in [0.4, 0.5) is 0 Å². The van der Waals surface area contributed by atoms with E-state index in [1.54, 1.807) is 0 Å². The Hall–Kier alpha value is -0.980. The minimum Gasteiger partial charge on any atom is -0.309 e. The summed E-state index contributed by atoms with van der Waals surface area (Å²) in [5.74, 6) is 0. The third-order valence-corrected chi connectivity index (χ3v) is 8.27. The number of rotatable bonds is 10. The van der Waals surface area contributed by atoms with E-state index in [4.69, 9.17) is 9.05 Å². The highest BCUT2D eigenvalue weighted by Crippen LogP contribution is 2.47. The molecular formula is C19H26O3P2. The molecule has 0 saturated carbocycles. The molecule has 0 bridgehead atoms. The number of benzene rings is 2. The molecule has 2 rings (SSSR count). The monoisotopic (exact) mass is 364 g/mol. The van der Waals surface area contributed by atoms with Crippen LogP contribution in [0.3, 0.4) is 0 Å². The number of hydrogen-bond donors (Lipinski definition) is 0. The molecule has 1 atom stereocenters. The lowest BCUT2D eigenvalue weighted by atomic mass is 10.4. The van der Waals surface area contributed by atoms with Gasteiger partial charge in [0.25, 0.3) is 0 Å².